The van der Waals surface area contributed by atoms with Gasteiger partial charge in [0.15, 0.2) is 0 Å². The molecule has 58 heavy (non-hydrogen) atoms. The average Bonchev–Trinajstić information content (AvgIpc) is 3.95. The molecule has 0 saturated carbocycles. The Morgan fingerprint density at radius 2 is 0.879 bits per heavy atom. The van der Waals surface area contributed by atoms with E-state index in [9.17, 15) is 0 Å². The number of furan rings is 2. The van der Waals surface area contributed by atoms with Gasteiger partial charge in [0.05, 0.1) is 5.41 Å². The maximum absolute atomic E-state index is 6.79. The lowest BCUT2D eigenvalue weighted by atomic mass is 9.67. The second-order valence-electron chi connectivity index (χ2n) is 15.2. The molecule has 0 unspecified atom stereocenters. The van der Waals surface area contributed by atoms with Crippen LogP contribution in [0.1, 0.15) is 22.3 Å². The van der Waals surface area contributed by atoms with Gasteiger partial charge in [-0.25, -0.2) is 0 Å². The molecule has 2 aromatic heterocycles. The lowest BCUT2D eigenvalue weighted by Crippen LogP contribution is -2.28. The van der Waals surface area contributed by atoms with E-state index in [-0.39, 0.29) is 0 Å². The standard InChI is InChI=1S/C55H35NO2/c1-3-14-37(15-4-1)55(48-22-10-7-18-43(48)44-19-8-11-23-49(44)55)38-28-32-47-52(34-38)58-51-25-13-21-42(54(47)51)36-26-29-40(30-27-36)56(39-16-5-2-6-17-39)41-31-33-46-45-20-9-12-24-50(45)57-53(46)35-41/h1-35H. The van der Waals surface area contributed by atoms with Gasteiger partial charge in [0.1, 0.15) is 22.3 Å². The molecule has 0 saturated heterocycles. The van der Waals surface area contributed by atoms with Crippen LogP contribution < -0.4 is 4.90 Å². The Morgan fingerprint density at radius 1 is 0.328 bits per heavy atom. The Hall–Kier alpha value is -7.62. The molecule has 0 radical (unpaired) electrons. The number of benzene rings is 9. The quantitative estimate of drug-likeness (QED) is 0.170. The highest BCUT2D eigenvalue weighted by atomic mass is 16.3. The fraction of sp³-hybridized carbons (Fsp3) is 0.0182. The lowest BCUT2D eigenvalue weighted by molar-refractivity contribution is 0.665. The van der Waals surface area contributed by atoms with Crippen LogP contribution in [0.4, 0.5) is 17.1 Å². The van der Waals surface area contributed by atoms with E-state index in [4.69, 9.17) is 8.83 Å². The SMILES string of the molecule is c1ccc(N(c2ccc(-c3cccc4oc5cc(C6(c7ccccc7)c7ccccc7-c7ccccc76)ccc5c34)cc2)c2ccc3c(c2)oc2ccccc23)cc1. The zero-order valence-corrected chi connectivity index (χ0v) is 31.5. The summed E-state index contributed by atoms with van der Waals surface area (Å²) >= 11 is 0. The van der Waals surface area contributed by atoms with Crippen LogP contribution in [0.5, 0.6) is 0 Å². The molecular formula is C55H35NO2. The molecule has 3 nitrogen and oxygen atoms in total. The highest BCUT2D eigenvalue weighted by molar-refractivity contribution is 6.13. The molecule has 1 aliphatic carbocycles. The Labute approximate surface area is 335 Å². The molecule has 3 heteroatoms. The highest BCUT2D eigenvalue weighted by Crippen LogP contribution is 2.56. The van der Waals surface area contributed by atoms with E-state index in [2.05, 4.69) is 205 Å². The number of rotatable bonds is 6. The monoisotopic (exact) mass is 741 g/mol. The van der Waals surface area contributed by atoms with E-state index in [1.54, 1.807) is 0 Å². The number of hydrogen-bond donors (Lipinski definition) is 0. The van der Waals surface area contributed by atoms with E-state index in [0.29, 0.717) is 0 Å². The van der Waals surface area contributed by atoms with E-state index in [0.717, 1.165) is 72.1 Å². The van der Waals surface area contributed by atoms with Crippen LogP contribution in [0.2, 0.25) is 0 Å². The molecule has 1 aliphatic rings. The maximum Gasteiger partial charge on any atom is 0.137 e. The first kappa shape index (κ1) is 32.6. The van der Waals surface area contributed by atoms with Gasteiger partial charge in [0.25, 0.3) is 0 Å². The molecule has 0 atom stereocenters. The minimum absolute atomic E-state index is 0.486. The van der Waals surface area contributed by atoms with Gasteiger partial charge < -0.3 is 13.7 Å². The van der Waals surface area contributed by atoms with E-state index in [1.807, 2.05) is 12.1 Å². The molecule has 0 amide bonds. The minimum atomic E-state index is -0.486. The summed E-state index contributed by atoms with van der Waals surface area (Å²) in [5, 5.41) is 4.46. The summed E-state index contributed by atoms with van der Waals surface area (Å²) in [5.74, 6) is 0. The summed E-state index contributed by atoms with van der Waals surface area (Å²) in [6.07, 6.45) is 0. The topological polar surface area (TPSA) is 29.5 Å². The molecule has 0 aliphatic heterocycles. The fourth-order valence-corrected chi connectivity index (χ4v) is 9.68. The number of anilines is 3. The highest BCUT2D eigenvalue weighted by Gasteiger charge is 2.46. The van der Waals surface area contributed by atoms with Gasteiger partial charge in [-0.1, -0.05) is 152 Å². The average molecular weight is 742 g/mol. The van der Waals surface area contributed by atoms with Crippen LogP contribution in [0.25, 0.3) is 66.1 Å². The summed E-state index contributed by atoms with van der Waals surface area (Å²) in [4.78, 5) is 2.29. The van der Waals surface area contributed by atoms with Crippen molar-refractivity contribution in [2.75, 3.05) is 4.90 Å². The second kappa shape index (κ2) is 12.7. The van der Waals surface area contributed by atoms with Crippen molar-refractivity contribution in [3.05, 3.63) is 235 Å². The van der Waals surface area contributed by atoms with Crippen molar-refractivity contribution in [3.8, 4) is 22.3 Å². The van der Waals surface area contributed by atoms with Crippen molar-refractivity contribution in [3.63, 3.8) is 0 Å². The van der Waals surface area contributed by atoms with Crippen LogP contribution >= 0.6 is 0 Å². The third kappa shape index (κ3) is 4.74. The molecule has 0 bridgehead atoms. The van der Waals surface area contributed by atoms with Crippen molar-refractivity contribution >= 4 is 60.9 Å². The lowest BCUT2D eigenvalue weighted by Gasteiger charge is -2.33. The van der Waals surface area contributed by atoms with E-state index in [1.165, 1.54) is 33.4 Å². The Balaban J connectivity index is 0.981. The van der Waals surface area contributed by atoms with Crippen LogP contribution in [-0.4, -0.2) is 0 Å². The first-order valence-corrected chi connectivity index (χ1v) is 19.8. The van der Waals surface area contributed by atoms with Crippen molar-refractivity contribution in [1.82, 2.24) is 0 Å². The zero-order chi connectivity index (χ0) is 38.2. The van der Waals surface area contributed by atoms with Crippen LogP contribution in [0.3, 0.4) is 0 Å². The summed E-state index contributed by atoms with van der Waals surface area (Å²) in [6.45, 7) is 0. The van der Waals surface area contributed by atoms with E-state index < -0.39 is 5.41 Å². The van der Waals surface area contributed by atoms with Crippen molar-refractivity contribution in [1.29, 1.82) is 0 Å². The molecule has 9 aromatic carbocycles. The number of para-hydroxylation sites is 2. The smallest absolute Gasteiger partial charge is 0.137 e. The first-order chi connectivity index (χ1) is 28.8. The number of hydrogen-bond acceptors (Lipinski definition) is 3. The summed E-state index contributed by atoms with van der Waals surface area (Å²) < 4.78 is 13.1. The summed E-state index contributed by atoms with van der Waals surface area (Å²) in [7, 11) is 0. The Kier molecular flexibility index (Phi) is 7.14. The molecule has 12 rings (SSSR count). The molecule has 0 spiro atoms. The van der Waals surface area contributed by atoms with Gasteiger partial charge in [0.2, 0.25) is 0 Å². The van der Waals surface area contributed by atoms with Crippen molar-refractivity contribution < 1.29 is 8.83 Å². The van der Waals surface area contributed by atoms with E-state index >= 15 is 0 Å². The largest absolute Gasteiger partial charge is 0.456 e. The molecule has 11 aromatic rings. The minimum Gasteiger partial charge on any atom is -0.456 e. The molecule has 0 N–H and O–H groups in total. The molecule has 2 heterocycles. The zero-order valence-electron chi connectivity index (χ0n) is 31.5. The predicted octanol–water partition coefficient (Wildman–Crippen LogP) is 15.0. The Bertz CT molecular complexity index is 3290. The predicted molar refractivity (Wildman–Crippen MR) is 238 cm³/mol. The molecular weight excluding hydrogens is 707 g/mol. The number of fused-ring (bicyclic) bond motifs is 9. The van der Waals surface area contributed by atoms with Crippen LogP contribution in [-0.2, 0) is 5.41 Å². The van der Waals surface area contributed by atoms with Gasteiger partial charge in [-0.2, -0.15) is 0 Å². The van der Waals surface area contributed by atoms with Gasteiger partial charge in [-0.15, -0.1) is 0 Å². The maximum atomic E-state index is 6.79. The normalized spacial score (nSPS) is 13.0. The van der Waals surface area contributed by atoms with Crippen molar-refractivity contribution in [2.24, 2.45) is 0 Å². The van der Waals surface area contributed by atoms with Gasteiger partial charge >= 0.3 is 0 Å². The van der Waals surface area contributed by atoms with Gasteiger partial charge in [-0.05, 0) is 99.1 Å². The summed E-state index contributed by atoms with van der Waals surface area (Å²) in [5.41, 5.74) is 16.0. The first-order valence-electron chi connectivity index (χ1n) is 19.8. The van der Waals surface area contributed by atoms with Gasteiger partial charge in [-0.3, -0.25) is 0 Å². The fourth-order valence-electron chi connectivity index (χ4n) is 9.68. The van der Waals surface area contributed by atoms with Crippen LogP contribution in [0, 0.1) is 0 Å². The van der Waals surface area contributed by atoms with Crippen LogP contribution in [0.15, 0.2) is 221 Å². The molecule has 272 valence electrons. The van der Waals surface area contributed by atoms with Gasteiger partial charge in [0, 0.05) is 44.7 Å². The summed E-state index contributed by atoms with van der Waals surface area (Å²) in [6, 6.07) is 76.0. The third-order valence-corrected chi connectivity index (χ3v) is 12.2. The van der Waals surface area contributed by atoms with Crippen molar-refractivity contribution in [2.45, 2.75) is 5.41 Å². The second-order valence-corrected chi connectivity index (χ2v) is 15.2. The third-order valence-electron chi connectivity index (χ3n) is 12.2. The molecule has 0 fully saturated rings. The Morgan fingerprint density at radius 3 is 1.66 bits per heavy atom. The number of nitrogens with zero attached hydrogens (tertiary/aromatic N) is 1.